The van der Waals surface area contributed by atoms with Gasteiger partial charge in [-0.25, -0.2) is 9.97 Å². The largest absolute Gasteiger partial charge is 0.390 e. The van der Waals surface area contributed by atoms with Crippen LogP contribution in [0.5, 0.6) is 0 Å². The number of piperidine rings is 1. The molecule has 3 aromatic heterocycles. The molecule has 0 unspecified atom stereocenters. The Morgan fingerprint density at radius 2 is 2.18 bits per heavy atom. The molecule has 1 fully saturated rings. The topological polar surface area (TPSA) is 109 Å². The predicted octanol–water partition coefficient (Wildman–Crippen LogP) is 2.06. The van der Waals surface area contributed by atoms with Gasteiger partial charge in [-0.3, -0.25) is 4.68 Å². The van der Waals surface area contributed by atoms with Gasteiger partial charge in [-0.15, -0.1) is 0 Å². The Labute approximate surface area is 165 Å². The van der Waals surface area contributed by atoms with Gasteiger partial charge >= 0.3 is 0 Å². The maximum Gasteiger partial charge on any atom is 0.159 e. The Hall–Kier alpha value is -2.68. The molecule has 8 nitrogen and oxygen atoms in total. The first-order valence-corrected chi connectivity index (χ1v) is 9.54. The van der Waals surface area contributed by atoms with E-state index in [2.05, 4.69) is 15.1 Å². The fraction of sp³-hybridized carbons (Fsp3) is 0.316. The lowest BCUT2D eigenvalue weighted by atomic mass is 10.0. The minimum Gasteiger partial charge on any atom is -0.390 e. The fourth-order valence-corrected chi connectivity index (χ4v) is 4.10. The van der Waals surface area contributed by atoms with Crippen LogP contribution in [0.1, 0.15) is 6.42 Å². The minimum absolute atomic E-state index is 0.186. The predicted molar refractivity (Wildman–Crippen MR) is 109 cm³/mol. The number of hydrogen-bond acceptors (Lipinski definition) is 6. The van der Waals surface area contributed by atoms with Crippen molar-refractivity contribution in [3.63, 3.8) is 0 Å². The third-order valence-corrected chi connectivity index (χ3v) is 5.76. The highest BCUT2D eigenvalue weighted by Crippen LogP contribution is 2.37. The number of aromatic amines is 1. The van der Waals surface area contributed by atoms with Crippen LogP contribution in [0.15, 0.2) is 30.7 Å². The van der Waals surface area contributed by atoms with Gasteiger partial charge in [0.05, 0.1) is 22.8 Å². The highest BCUT2D eigenvalue weighted by Gasteiger charge is 2.26. The third-order valence-electron chi connectivity index (χ3n) is 5.35. The van der Waals surface area contributed by atoms with E-state index in [1.165, 1.54) is 0 Å². The first-order chi connectivity index (χ1) is 13.5. The highest BCUT2D eigenvalue weighted by atomic mass is 35.5. The first-order valence-electron chi connectivity index (χ1n) is 9.16. The molecular weight excluding hydrogens is 378 g/mol. The highest BCUT2D eigenvalue weighted by molar-refractivity contribution is 6.38. The molecule has 5 rings (SSSR count). The molecule has 4 aromatic rings. The van der Waals surface area contributed by atoms with Gasteiger partial charge in [-0.2, -0.15) is 5.10 Å². The van der Waals surface area contributed by atoms with Crippen LogP contribution in [-0.4, -0.2) is 55.1 Å². The second-order valence-electron chi connectivity index (χ2n) is 7.26. The van der Waals surface area contributed by atoms with Gasteiger partial charge in [0.1, 0.15) is 11.3 Å². The summed E-state index contributed by atoms with van der Waals surface area (Å²) < 4.78 is 1.75. The Kier molecular flexibility index (Phi) is 4.01. The molecule has 144 valence electrons. The smallest absolute Gasteiger partial charge is 0.159 e. The van der Waals surface area contributed by atoms with E-state index in [0.717, 1.165) is 46.3 Å². The van der Waals surface area contributed by atoms with Crippen molar-refractivity contribution in [1.29, 1.82) is 0 Å². The number of aromatic nitrogens is 5. The van der Waals surface area contributed by atoms with E-state index in [9.17, 15) is 5.11 Å². The number of aliphatic hydroxyl groups is 1. The van der Waals surface area contributed by atoms with Crippen LogP contribution in [0.3, 0.4) is 0 Å². The maximum absolute atomic E-state index is 10.1. The molecule has 1 aliphatic rings. The third kappa shape index (κ3) is 2.72. The second kappa shape index (κ2) is 6.44. The molecule has 0 amide bonds. The van der Waals surface area contributed by atoms with E-state index in [4.69, 9.17) is 22.3 Å². The van der Waals surface area contributed by atoms with E-state index in [0.29, 0.717) is 17.2 Å². The monoisotopic (exact) mass is 397 g/mol. The number of benzene rings is 1. The first kappa shape index (κ1) is 17.4. The number of H-pyrrole nitrogens is 1. The number of hydrogen-bond donors (Lipinski definition) is 3. The summed E-state index contributed by atoms with van der Waals surface area (Å²) in [6.45, 7) is 1.20. The number of fused-ring (bicyclic) bond motifs is 2. The summed E-state index contributed by atoms with van der Waals surface area (Å²) in [6, 6.07) is 3.72. The molecule has 1 aliphatic heterocycles. The Balaban J connectivity index is 1.55. The molecule has 9 heteroatoms. The minimum atomic E-state index is -0.560. The molecule has 1 saturated heterocycles. The SMILES string of the molecule is Cn1cc2c(Cl)c(-c3c[nH]c4nc(N5CC[C@H](N)[C@@H](O)C5)cnc34)ccc2n1. The molecule has 4 heterocycles. The average Bonchev–Trinajstić information content (AvgIpc) is 3.27. The Morgan fingerprint density at radius 3 is 3.00 bits per heavy atom. The fourth-order valence-electron chi connectivity index (χ4n) is 3.79. The van der Waals surface area contributed by atoms with Crippen molar-refractivity contribution in [2.75, 3.05) is 18.0 Å². The summed E-state index contributed by atoms with van der Waals surface area (Å²) in [5.41, 5.74) is 9.96. The molecule has 1 aromatic carbocycles. The quantitative estimate of drug-likeness (QED) is 0.477. The van der Waals surface area contributed by atoms with Gasteiger partial charge in [0.25, 0.3) is 0 Å². The van der Waals surface area contributed by atoms with Gasteiger partial charge in [-0.1, -0.05) is 17.7 Å². The molecule has 2 atom stereocenters. The standard InChI is InChI=1S/C19H20ClN7O/c1-26-8-12-14(25-26)3-2-10(17(12)20)11-6-23-19-18(11)22-7-16(24-19)27-5-4-13(21)15(28)9-27/h2-3,6-8,13,15,28H,4-5,9,21H2,1H3,(H,23,24)/t13-,15-/m0/s1. The van der Waals surface area contributed by atoms with Crippen LogP contribution in [0.4, 0.5) is 5.82 Å². The number of nitrogens with two attached hydrogens (primary N) is 1. The number of anilines is 1. The second-order valence-corrected chi connectivity index (χ2v) is 7.63. The van der Waals surface area contributed by atoms with Crippen LogP contribution in [0.2, 0.25) is 5.02 Å². The summed E-state index contributed by atoms with van der Waals surface area (Å²) in [5.74, 6) is 0.723. The molecular formula is C19H20ClN7O. The van der Waals surface area contributed by atoms with Crippen LogP contribution >= 0.6 is 11.6 Å². The van der Waals surface area contributed by atoms with E-state index in [1.54, 1.807) is 10.9 Å². The Bertz CT molecular complexity index is 1180. The van der Waals surface area contributed by atoms with Crippen molar-refractivity contribution in [3.8, 4) is 11.1 Å². The molecule has 0 aliphatic carbocycles. The van der Waals surface area contributed by atoms with E-state index >= 15 is 0 Å². The lowest BCUT2D eigenvalue weighted by Gasteiger charge is -2.34. The van der Waals surface area contributed by atoms with Crippen molar-refractivity contribution in [1.82, 2.24) is 24.7 Å². The molecule has 0 saturated carbocycles. The zero-order valence-electron chi connectivity index (χ0n) is 15.3. The molecule has 28 heavy (non-hydrogen) atoms. The average molecular weight is 398 g/mol. The number of aliphatic hydroxyl groups excluding tert-OH is 1. The van der Waals surface area contributed by atoms with E-state index in [-0.39, 0.29) is 6.04 Å². The lowest BCUT2D eigenvalue weighted by Crippen LogP contribution is -2.50. The van der Waals surface area contributed by atoms with Crippen molar-refractivity contribution in [2.45, 2.75) is 18.6 Å². The molecule has 4 N–H and O–H groups in total. The number of halogens is 1. The van der Waals surface area contributed by atoms with Gasteiger partial charge in [0.15, 0.2) is 5.65 Å². The normalized spacial score (nSPS) is 20.4. The zero-order valence-corrected chi connectivity index (χ0v) is 16.1. The van der Waals surface area contributed by atoms with Crippen molar-refractivity contribution in [2.24, 2.45) is 12.8 Å². The molecule has 0 radical (unpaired) electrons. The zero-order chi connectivity index (χ0) is 19.4. The van der Waals surface area contributed by atoms with Gasteiger partial charge < -0.3 is 20.7 Å². The van der Waals surface area contributed by atoms with Crippen LogP contribution < -0.4 is 10.6 Å². The maximum atomic E-state index is 10.1. The Morgan fingerprint density at radius 1 is 1.32 bits per heavy atom. The number of β-amino-alcohol motifs (C(OH)–C–C–N with tert-alkyl or cyclic N) is 1. The van der Waals surface area contributed by atoms with Crippen LogP contribution in [0.25, 0.3) is 33.2 Å². The summed E-state index contributed by atoms with van der Waals surface area (Å²) in [4.78, 5) is 14.5. The molecule has 0 spiro atoms. The van der Waals surface area contributed by atoms with Gasteiger partial charge in [0, 0.05) is 55.1 Å². The summed E-state index contributed by atoms with van der Waals surface area (Å²) in [7, 11) is 1.87. The lowest BCUT2D eigenvalue weighted by molar-refractivity contribution is 0.131. The molecule has 0 bridgehead atoms. The van der Waals surface area contributed by atoms with Crippen molar-refractivity contribution < 1.29 is 5.11 Å². The van der Waals surface area contributed by atoms with Gasteiger partial charge in [0.2, 0.25) is 0 Å². The summed E-state index contributed by atoms with van der Waals surface area (Å²) >= 11 is 6.67. The van der Waals surface area contributed by atoms with Gasteiger partial charge in [-0.05, 0) is 12.5 Å². The van der Waals surface area contributed by atoms with Crippen molar-refractivity contribution >= 4 is 39.5 Å². The van der Waals surface area contributed by atoms with E-state index < -0.39 is 6.10 Å². The summed E-state index contributed by atoms with van der Waals surface area (Å²) in [6.07, 6.45) is 5.68. The number of nitrogens with one attached hydrogen (secondary N) is 1. The number of rotatable bonds is 2. The van der Waals surface area contributed by atoms with Crippen LogP contribution in [-0.2, 0) is 7.05 Å². The van der Waals surface area contributed by atoms with E-state index in [1.807, 2.05) is 36.5 Å². The number of nitrogens with zero attached hydrogens (tertiary/aromatic N) is 5. The summed E-state index contributed by atoms with van der Waals surface area (Å²) in [5, 5.41) is 16.0. The van der Waals surface area contributed by atoms with Crippen molar-refractivity contribution in [3.05, 3.63) is 35.7 Å². The number of aryl methyl sites for hydroxylation is 1. The van der Waals surface area contributed by atoms with Crippen LogP contribution in [0, 0.1) is 0 Å².